The van der Waals surface area contributed by atoms with Crippen LogP contribution < -0.4 is 0 Å². The summed E-state index contributed by atoms with van der Waals surface area (Å²) in [6, 6.07) is 0. The Bertz CT molecular complexity index is 394. The zero-order valence-electron chi connectivity index (χ0n) is 9.19. The van der Waals surface area contributed by atoms with E-state index in [9.17, 15) is 9.90 Å². The van der Waals surface area contributed by atoms with Crippen molar-refractivity contribution in [1.82, 2.24) is 9.78 Å². The van der Waals surface area contributed by atoms with Crippen molar-refractivity contribution in [3.63, 3.8) is 0 Å². The molecule has 1 heterocycles. The minimum absolute atomic E-state index is 0.485. The topological polar surface area (TPSA) is 55.1 Å². The van der Waals surface area contributed by atoms with Crippen LogP contribution >= 0.6 is 11.6 Å². The summed E-state index contributed by atoms with van der Waals surface area (Å²) in [6.45, 7) is 2.15. The third kappa shape index (κ3) is 1.82. The number of hydrogen-bond donors (Lipinski definition) is 1. The zero-order chi connectivity index (χ0) is 11.8. The number of halogens is 1. The third-order valence-corrected chi connectivity index (χ3v) is 3.68. The van der Waals surface area contributed by atoms with E-state index in [1.807, 2.05) is 0 Å². The molecule has 0 bridgehead atoms. The number of nitrogens with zero attached hydrogens (tertiary/aromatic N) is 2. The van der Waals surface area contributed by atoms with Crippen LogP contribution in [0.1, 0.15) is 32.6 Å². The number of carboxylic acid groups (broad SMARTS) is 1. The first-order valence-corrected chi connectivity index (χ1v) is 5.86. The Morgan fingerprint density at radius 1 is 1.62 bits per heavy atom. The van der Waals surface area contributed by atoms with Crippen LogP contribution in [0.15, 0.2) is 12.4 Å². The van der Waals surface area contributed by atoms with Crippen LogP contribution in [0.2, 0.25) is 5.02 Å². The Balaban J connectivity index is 2.33. The smallest absolute Gasteiger partial charge is 0.331 e. The van der Waals surface area contributed by atoms with Crippen LogP contribution in [0, 0.1) is 5.92 Å². The van der Waals surface area contributed by atoms with Gasteiger partial charge in [0, 0.05) is 6.20 Å². The third-order valence-electron chi connectivity index (χ3n) is 3.49. The van der Waals surface area contributed by atoms with Gasteiger partial charge in [0.05, 0.1) is 11.2 Å². The van der Waals surface area contributed by atoms with E-state index >= 15 is 0 Å². The molecule has 4 nitrogen and oxygen atoms in total. The van der Waals surface area contributed by atoms with E-state index in [0.717, 1.165) is 12.8 Å². The molecule has 1 saturated carbocycles. The molecule has 1 aliphatic rings. The molecule has 0 saturated heterocycles. The maximum absolute atomic E-state index is 11.5. The molecule has 0 aliphatic heterocycles. The van der Waals surface area contributed by atoms with E-state index < -0.39 is 11.5 Å². The Kier molecular flexibility index (Phi) is 2.93. The molecule has 0 atom stereocenters. The fourth-order valence-corrected chi connectivity index (χ4v) is 2.45. The highest BCUT2D eigenvalue weighted by Gasteiger charge is 2.43. The van der Waals surface area contributed by atoms with E-state index in [4.69, 9.17) is 11.6 Å². The molecule has 0 amide bonds. The Labute approximate surface area is 99.2 Å². The van der Waals surface area contributed by atoms with Gasteiger partial charge in [-0.25, -0.2) is 4.79 Å². The van der Waals surface area contributed by atoms with Crippen molar-refractivity contribution in [2.45, 2.75) is 38.1 Å². The summed E-state index contributed by atoms with van der Waals surface area (Å²) < 4.78 is 1.52. The summed E-state index contributed by atoms with van der Waals surface area (Å²) in [5.74, 6) is -0.210. The molecular formula is C11H15ClN2O2. The van der Waals surface area contributed by atoms with Crippen LogP contribution in [0.5, 0.6) is 0 Å². The minimum atomic E-state index is -0.889. The Morgan fingerprint density at radius 2 is 2.25 bits per heavy atom. The maximum Gasteiger partial charge on any atom is 0.331 e. The molecule has 1 aliphatic carbocycles. The summed E-state index contributed by atoms with van der Waals surface area (Å²) >= 11 is 5.80. The highest BCUT2D eigenvalue weighted by molar-refractivity contribution is 6.30. The van der Waals surface area contributed by atoms with E-state index in [0.29, 0.717) is 23.8 Å². The summed E-state index contributed by atoms with van der Waals surface area (Å²) in [4.78, 5) is 11.5. The summed E-state index contributed by atoms with van der Waals surface area (Å²) in [5, 5.41) is 14.0. The predicted molar refractivity (Wildman–Crippen MR) is 60.5 cm³/mol. The second kappa shape index (κ2) is 4.09. The molecule has 1 aromatic rings. The fourth-order valence-electron chi connectivity index (χ4n) is 2.32. The lowest BCUT2D eigenvalue weighted by Gasteiger charge is -2.35. The molecule has 1 aromatic heterocycles. The second-order valence-electron chi connectivity index (χ2n) is 4.62. The molecule has 88 valence electrons. The van der Waals surface area contributed by atoms with Crippen molar-refractivity contribution in [1.29, 1.82) is 0 Å². The van der Waals surface area contributed by atoms with Gasteiger partial charge in [0.1, 0.15) is 0 Å². The Morgan fingerprint density at radius 3 is 2.69 bits per heavy atom. The zero-order valence-corrected chi connectivity index (χ0v) is 9.94. The maximum atomic E-state index is 11.5. The average Bonchev–Trinajstić information content (AvgIpc) is 2.66. The van der Waals surface area contributed by atoms with Gasteiger partial charge in [-0.3, -0.25) is 4.68 Å². The van der Waals surface area contributed by atoms with Gasteiger partial charge in [0.2, 0.25) is 0 Å². The summed E-state index contributed by atoms with van der Waals surface area (Å²) in [7, 11) is 0. The van der Waals surface area contributed by atoms with Gasteiger partial charge in [-0.05, 0) is 31.6 Å². The molecule has 0 unspecified atom stereocenters. The summed E-state index contributed by atoms with van der Waals surface area (Å²) in [5.41, 5.74) is -0.889. The van der Waals surface area contributed by atoms with Crippen LogP contribution in [-0.2, 0) is 10.3 Å². The van der Waals surface area contributed by atoms with Gasteiger partial charge in [-0.1, -0.05) is 18.5 Å². The van der Waals surface area contributed by atoms with Gasteiger partial charge >= 0.3 is 5.97 Å². The van der Waals surface area contributed by atoms with E-state index in [1.54, 1.807) is 6.20 Å². The van der Waals surface area contributed by atoms with E-state index in [1.165, 1.54) is 10.9 Å². The first-order valence-electron chi connectivity index (χ1n) is 5.49. The van der Waals surface area contributed by atoms with Gasteiger partial charge < -0.3 is 5.11 Å². The predicted octanol–water partition coefficient (Wildman–Crippen LogP) is 2.53. The van der Waals surface area contributed by atoms with Crippen molar-refractivity contribution < 1.29 is 9.90 Å². The number of aromatic nitrogens is 2. The highest BCUT2D eigenvalue weighted by Crippen LogP contribution is 2.37. The Hall–Kier alpha value is -1.03. The molecule has 16 heavy (non-hydrogen) atoms. The number of carbonyl (C=O) groups is 1. The number of hydrogen-bond acceptors (Lipinski definition) is 2. The number of carboxylic acids is 1. The molecule has 0 aromatic carbocycles. The van der Waals surface area contributed by atoms with Crippen molar-refractivity contribution in [3.05, 3.63) is 17.4 Å². The van der Waals surface area contributed by atoms with Crippen LogP contribution in [0.3, 0.4) is 0 Å². The monoisotopic (exact) mass is 242 g/mol. The highest BCUT2D eigenvalue weighted by atomic mass is 35.5. The van der Waals surface area contributed by atoms with Crippen LogP contribution in [0.4, 0.5) is 0 Å². The molecule has 5 heteroatoms. The van der Waals surface area contributed by atoms with E-state index in [-0.39, 0.29) is 0 Å². The van der Waals surface area contributed by atoms with E-state index in [2.05, 4.69) is 12.0 Å². The lowest BCUT2D eigenvalue weighted by molar-refractivity contribution is -0.150. The van der Waals surface area contributed by atoms with Crippen LogP contribution in [0.25, 0.3) is 0 Å². The molecule has 2 rings (SSSR count). The number of aliphatic carboxylic acids is 1. The summed E-state index contributed by atoms with van der Waals surface area (Å²) in [6.07, 6.45) is 6.19. The lowest BCUT2D eigenvalue weighted by atomic mass is 9.77. The standard InChI is InChI=1S/C11H15ClN2O2/c1-8-2-4-11(5-3-8,10(15)16)14-7-9(12)6-13-14/h6-8H,2-5H2,1H3,(H,15,16). The second-order valence-corrected chi connectivity index (χ2v) is 5.06. The minimum Gasteiger partial charge on any atom is -0.479 e. The average molecular weight is 243 g/mol. The first-order chi connectivity index (χ1) is 7.54. The number of rotatable bonds is 2. The fraction of sp³-hybridized carbons (Fsp3) is 0.636. The van der Waals surface area contributed by atoms with Gasteiger partial charge in [0.15, 0.2) is 5.54 Å². The largest absolute Gasteiger partial charge is 0.479 e. The molecule has 1 fully saturated rings. The first kappa shape index (κ1) is 11.5. The normalized spacial score (nSPS) is 30.2. The molecule has 0 radical (unpaired) electrons. The van der Waals surface area contributed by atoms with Gasteiger partial charge in [0.25, 0.3) is 0 Å². The molecule has 0 spiro atoms. The lowest BCUT2D eigenvalue weighted by Crippen LogP contribution is -2.45. The van der Waals surface area contributed by atoms with Gasteiger partial charge in [-0.15, -0.1) is 0 Å². The van der Waals surface area contributed by atoms with Crippen molar-refractivity contribution in [3.8, 4) is 0 Å². The SMILES string of the molecule is CC1CCC(C(=O)O)(n2cc(Cl)cn2)CC1. The van der Waals surface area contributed by atoms with Gasteiger partial charge in [-0.2, -0.15) is 5.10 Å². The van der Waals surface area contributed by atoms with Crippen molar-refractivity contribution in [2.24, 2.45) is 5.92 Å². The van der Waals surface area contributed by atoms with Crippen molar-refractivity contribution in [2.75, 3.05) is 0 Å². The van der Waals surface area contributed by atoms with Crippen molar-refractivity contribution >= 4 is 17.6 Å². The quantitative estimate of drug-likeness (QED) is 0.867. The van der Waals surface area contributed by atoms with Crippen LogP contribution in [-0.4, -0.2) is 20.9 Å². The molecular weight excluding hydrogens is 228 g/mol. The molecule has 1 N–H and O–H groups in total.